The first-order valence-corrected chi connectivity index (χ1v) is 1.80. The lowest BCUT2D eigenvalue weighted by molar-refractivity contribution is 1.15. The van der Waals surface area contributed by atoms with Crippen molar-refractivity contribution in [1.82, 2.24) is 0 Å². The monoisotopic (exact) mass is 97.1 g/mol. The number of nitrogens with one attached hydrogen (secondary N) is 1. The maximum absolute atomic E-state index is 6.34. The molecule has 0 rings (SSSR count). The van der Waals surface area contributed by atoms with Gasteiger partial charge in [0.2, 0.25) is 7.28 Å². The third kappa shape index (κ3) is 1.91. The van der Waals surface area contributed by atoms with Crippen LogP contribution in [-0.4, -0.2) is 13.0 Å². The van der Waals surface area contributed by atoms with E-state index in [0.717, 1.165) is 0 Å². The Bertz CT molecular complexity index is 87.7. The minimum atomic E-state index is 0.250. The smallest absolute Gasteiger partial charge is 0.206 e. The molecule has 0 aliphatic rings. The lowest BCUT2D eigenvalue weighted by Crippen LogP contribution is -2.03. The first kappa shape index (κ1) is 6.13. The molecule has 0 saturated heterocycles. The lowest BCUT2D eigenvalue weighted by Gasteiger charge is -1.82. The number of hydrogen-bond acceptors (Lipinski definition) is 3. The zero-order valence-electron chi connectivity index (χ0n) is 4.05. The van der Waals surface area contributed by atoms with Crippen LogP contribution in [0.1, 0.15) is 0 Å². The van der Waals surface area contributed by atoms with E-state index in [9.17, 15) is 0 Å². The summed E-state index contributed by atoms with van der Waals surface area (Å²) in [5, 5.41) is 6.08. The van der Waals surface area contributed by atoms with Crippen molar-refractivity contribution in [2.45, 2.75) is 6.82 Å². The van der Waals surface area contributed by atoms with Gasteiger partial charge in [0.15, 0.2) is 0 Å². The Morgan fingerprint density at radius 3 is 2.43 bits per heavy atom. The molecule has 0 atom stereocenters. The maximum atomic E-state index is 6.34. The third-order valence-electron chi connectivity index (χ3n) is 0.505. The van der Waals surface area contributed by atoms with Crippen LogP contribution < -0.4 is 5.84 Å². The molecular weight excluding hydrogens is 90.9 g/mol. The van der Waals surface area contributed by atoms with Gasteiger partial charge in [-0.05, 0) is 0 Å². The van der Waals surface area contributed by atoms with Crippen LogP contribution in [0.2, 0.25) is 6.82 Å². The molecule has 37 valence electrons. The molecule has 0 spiro atoms. The fourth-order valence-electron chi connectivity index (χ4n) is 0.168. The van der Waals surface area contributed by atoms with E-state index < -0.39 is 0 Å². The van der Waals surface area contributed by atoms with E-state index in [4.69, 9.17) is 11.4 Å². The van der Waals surface area contributed by atoms with Crippen LogP contribution in [0, 0.1) is 5.53 Å². The van der Waals surface area contributed by atoms with Crippen LogP contribution in [0.25, 0.3) is 0 Å². The molecule has 4 nitrogen and oxygen atoms in total. The number of hydrazone groups is 1. The van der Waals surface area contributed by atoms with Gasteiger partial charge >= 0.3 is 0 Å². The molecule has 0 heterocycles. The molecule has 3 N–H and O–H groups in total. The second-order valence-corrected chi connectivity index (χ2v) is 0.888. The Morgan fingerprint density at radius 1 is 1.86 bits per heavy atom. The molecule has 5 heteroatoms. The van der Waals surface area contributed by atoms with Crippen molar-refractivity contribution >= 4 is 13.0 Å². The molecule has 7 heavy (non-hydrogen) atoms. The van der Waals surface area contributed by atoms with E-state index in [1.54, 1.807) is 14.1 Å². The van der Waals surface area contributed by atoms with Crippen molar-refractivity contribution in [3.63, 3.8) is 0 Å². The van der Waals surface area contributed by atoms with Crippen LogP contribution in [0.3, 0.4) is 0 Å². The molecule has 0 aromatic rings. The van der Waals surface area contributed by atoms with Crippen LogP contribution in [0.15, 0.2) is 10.2 Å². The van der Waals surface area contributed by atoms with Gasteiger partial charge in [-0.25, -0.2) is 5.53 Å². The molecule has 0 aliphatic heterocycles. The van der Waals surface area contributed by atoms with Crippen molar-refractivity contribution in [2.75, 3.05) is 0 Å². The zero-order chi connectivity index (χ0) is 5.70. The van der Waals surface area contributed by atoms with Gasteiger partial charge in [-0.15, -0.1) is 0 Å². The molecule has 0 unspecified atom stereocenters. The summed E-state index contributed by atoms with van der Waals surface area (Å²) in [5.41, 5.74) is 6.59. The van der Waals surface area contributed by atoms with E-state index in [1.807, 2.05) is 0 Å². The molecule has 0 bridgehead atoms. The SMILES string of the molecule is C[B]/C(N=N)=N/N. The van der Waals surface area contributed by atoms with E-state index in [0.29, 0.717) is 0 Å². The first-order chi connectivity index (χ1) is 3.35. The normalized spacial score (nSPS) is 10.7. The van der Waals surface area contributed by atoms with Gasteiger partial charge in [0.05, 0.1) is 0 Å². The van der Waals surface area contributed by atoms with Gasteiger partial charge in [0.25, 0.3) is 0 Å². The fourth-order valence-corrected chi connectivity index (χ4v) is 0.168. The van der Waals surface area contributed by atoms with Crippen molar-refractivity contribution in [2.24, 2.45) is 16.1 Å². The van der Waals surface area contributed by atoms with E-state index in [2.05, 4.69) is 10.2 Å². The number of rotatable bonds is 1. The highest BCUT2D eigenvalue weighted by Crippen LogP contribution is 1.70. The van der Waals surface area contributed by atoms with Gasteiger partial charge in [-0.3, -0.25) is 0 Å². The van der Waals surface area contributed by atoms with Gasteiger partial charge in [-0.1, -0.05) is 6.82 Å². The summed E-state index contributed by atoms with van der Waals surface area (Å²) >= 11 is 0. The molecule has 0 aromatic heterocycles. The second-order valence-electron chi connectivity index (χ2n) is 0.888. The second kappa shape index (κ2) is 3.33. The Labute approximate surface area is 42.5 Å². The summed E-state index contributed by atoms with van der Waals surface area (Å²) in [6.07, 6.45) is 0. The topological polar surface area (TPSA) is 74.6 Å². The number of hydrogen-bond donors (Lipinski definition) is 2. The Hall–Kier alpha value is -0.865. The van der Waals surface area contributed by atoms with Gasteiger partial charge in [0, 0.05) is 0 Å². The van der Waals surface area contributed by atoms with Crippen LogP contribution in [0.5, 0.6) is 0 Å². The molecule has 0 aliphatic carbocycles. The minimum absolute atomic E-state index is 0.250. The summed E-state index contributed by atoms with van der Waals surface area (Å²) in [4.78, 5) is 0. The molecule has 0 saturated carbocycles. The maximum Gasteiger partial charge on any atom is 0.206 e. The average Bonchev–Trinajstić information content (AvgIpc) is 1.72. The highest BCUT2D eigenvalue weighted by molar-refractivity contribution is 6.73. The fraction of sp³-hybridized carbons (Fsp3) is 0.500. The summed E-state index contributed by atoms with van der Waals surface area (Å²) in [6, 6.07) is 0. The molecule has 1 radical (unpaired) electrons. The lowest BCUT2D eigenvalue weighted by atomic mass is 9.81. The molecule has 0 amide bonds. The van der Waals surface area contributed by atoms with E-state index in [-0.39, 0.29) is 5.73 Å². The van der Waals surface area contributed by atoms with Crippen molar-refractivity contribution in [3.8, 4) is 0 Å². The summed E-state index contributed by atoms with van der Waals surface area (Å²) in [7, 11) is 1.55. The van der Waals surface area contributed by atoms with Crippen LogP contribution in [0.4, 0.5) is 0 Å². The highest BCUT2D eigenvalue weighted by Gasteiger charge is 1.87. The van der Waals surface area contributed by atoms with Crippen molar-refractivity contribution in [1.29, 1.82) is 5.53 Å². The number of nitrogens with zero attached hydrogens (tertiary/aromatic N) is 2. The summed E-state index contributed by atoms with van der Waals surface area (Å²) in [6.45, 7) is 1.71. The van der Waals surface area contributed by atoms with Gasteiger partial charge in [0.1, 0.15) is 5.73 Å². The quantitative estimate of drug-likeness (QED) is 0.118. The zero-order valence-corrected chi connectivity index (χ0v) is 4.05. The Balaban J connectivity index is 3.60. The highest BCUT2D eigenvalue weighted by atomic mass is 15.2. The van der Waals surface area contributed by atoms with Crippen LogP contribution in [-0.2, 0) is 0 Å². The summed E-state index contributed by atoms with van der Waals surface area (Å²) in [5.74, 6) is 4.74. The predicted octanol–water partition coefficient (Wildman–Crippen LogP) is -0.000630. The Morgan fingerprint density at radius 2 is 2.43 bits per heavy atom. The largest absolute Gasteiger partial charge is 0.322 e. The van der Waals surface area contributed by atoms with E-state index >= 15 is 0 Å². The molecule has 0 fully saturated rings. The Kier molecular flexibility index (Phi) is 2.92. The van der Waals surface area contributed by atoms with Crippen molar-refractivity contribution < 1.29 is 0 Å². The standard InChI is InChI=1S/C2H6BN4/c1-3-2(6-4)7-5/h4H,5H2,1H3/b6-4?,7-2-. The van der Waals surface area contributed by atoms with Gasteiger partial charge in [-0.2, -0.15) is 10.2 Å². The minimum Gasteiger partial charge on any atom is -0.322 e. The molecular formula is C2H6BN4. The number of amidine groups is 1. The number of nitrogens with two attached hydrogens (primary N) is 1. The predicted molar refractivity (Wildman–Crippen MR) is 28.4 cm³/mol. The van der Waals surface area contributed by atoms with Crippen LogP contribution >= 0.6 is 0 Å². The van der Waals surface area contributed by atoms with Gasteiger partial charge < -0.3 is 5.84 Å². The van der Waals surface area contributed by atoms with E-state index in [1.165, 1.54) is 0 Å². The first-order valence-electron chi connectivity index (χ1n) is 1.80. The third-order valence-corrected chi connectivity index (χ3v) is 0.505. The summed E-state index contributed by atoms with van der Waals surface area (Å²) < 4.78 is 0. The average molecular weight is 96.9 g/mol. The van der Waals surface area contributed by atoms with Crippen molar-refractivity contribution in [3.05, 3.63) is 0 Å². The molecule has 0 aromatic carbocycles.